The predicted molar refractivity (Wildman–Crippen MR) is 300 cm³/mol. The zero-order valence-corrected chi connectivity index (χ0v) is 47.5. The first-order chi connectivity index (χ1) is 33.8. The van der Waals surface area contributed by atoms with Crippen LogP contribution in [0.2, 0.25) is 0 Å². The Hall–Kier alpha value is -1.59. The fraction of sp³-hybridized carbons (Fsp3) is 0.952. The Bertz CT molecular complexity index is 1060. The minimum atomic E-state index is -0.805. The summed E-state index contributed by atoms with van der Waals surface area (Å²) in [6, 6.07) is -0.805. The van der Waals surface area contributed by atoms with Crippen LogP contribution in [-0.2, 0) is 23.9 Å². The molecule has 0 aromatic rings. The monoisotopic (exact) mass is 974 g/mol. The van der Waals surface area contributed by atoms with E-state index in [1.807, 2.05) is 0 Å². The smallest absolute Gasteiger partial charge is 0.328 e. The number of carbonyl (C=O) groups is 3. The number of esters is 2. The topological polar surface area (TPSA) is 81.7 Å². The molecule has 69 heavy (non-hydrogen) atoms. The van der Waals surface area contributed by atoms with Gasteiger partial charge in [0.1, 0.15) is 6.04 Å². The minimum absolute atomic E-state index is 0.107. The van der Waals surface area contributed by atoms with Crippen molar-refractivity contribution < 1.29 is 23.9 Å². The van der Waals surface area contributed by atoms with Gasteiger partial charge in [-0.05, 0) is 37.5 Å². The third-order valence-electron chi connectivity index (χ3n) is 14.6. The van der Waals surface area contributed by atoms with E-state index in [1.165, 1.54) is 250 Å². The molecule has 0 saturated heterocycles. The molecule has 0 aliphatic carbocycles. The Balaban J connectivity index is 4.30. The summed E-state index contributed by atoms with van der Waals surface area (Å²) in [7, 11) is 0. The number of amides is 1. The third kappa shape index (κ3) is 55.6. The van der Waals surface area contributed by atoms with E-state index < -0.39 is 12.0 Å². The van der Waals surface area contributed by atoms with Gasteiger partial charge < -0.3 is 14.8 Å². The largest absolute Gasteiger partial charge is 0.466 e. The zero-order chi connectivity index (χ0) is 50.4. The maximum atomic E-state index is 13.2. The van der Waals surface area contributed by atoms with Gasteiger partial charge in [0.05, 0.1) is 13.2 Å². The van der Waals surface area contributed by atoms with E-state index in [0.29, 0.717) is 19.6 Å². The van der Waals surface area contributed by atoms with E-state index in [0.717, 1.165) is 63.2 Å². The molecular formula is C63H123NO5. The maximum Gasteiger partial charge on any atom is 0.328 e. The second-order valence-electron chi connectivity index (χ2n) is 22.7. The fourth-order valence-electron chi connectivity index (χ4n) is 9.87. The summed E-state index contributed by atoms with van der Waals surface area (Å²) >= 11 is 0. The van der Waals surface area contributed by atoms with Crippen molar-refractivity contribution in [3.8, 4) is 0 Å². The lowest BCUT2D eigenvalue weighted by Crippen LogP contribution is -2.42. The average molecular weight is 975 g/mol. The molecule has 0 radical (unpaired) electrons. The lowest BCUT2D eigenvalue weighted by Gasteiger charge is -2.18. The first kappa shape index (κ1) is 67.4. The lowest BCUT2D eigenvalue weighted by atomic mass is 10.0. The Labute approximate surface area is 432 Å². The highest BCUT2D eigenvalue weighted by Gasteiger charge is 2.23. The number of unbranched alkanes of at least 4 members (excludes halogenated alkanes) is 42. The van der Waals surface area contributed by atoms with Crippen molar-refractivity contribution in [1.82, 2.24) is 5.32 Å². The van der Waals surface area contributed by atoms with Crippen LogP contribution in [0.25, 0.3) is 0 Å². The van der Waals surface area contributed by atoms with Gasteiger partial charge in [0.15, 0.2) is 0 Å². The van der Waals surface area contributed by atoms with Gasteiger partial charge in [-0.1, -0.05) is 317 Å². The summed E-state index contributed by atoms with van der Waals surface area (Å²) in [4.78, 5) is 39.0. The van der Waals surface area contributed by atoms with Gasteiger partial charge >= 0.3 is 11.9 Å². The highest BCUT2D eigenvalue weighted by molar-refractivity contribution is 5.85. The molecule has 1 N–H and O–H groups in total. The van der Waals surface area contributed by atoms with E-state index in [4.69, 9.17) is 9.47 Å². The van der Waals surface area contributed by atoms with Crippen LogP contribution in [-0.4, -0.2) is 37.1 Å². The second-order valence-corrected chi connectivity index (χ2v) is 22.7. The number of rotatable bonds is 57. The van der Waals surface area contributed by atoms with E-state index >= 15 is 0 Å². The molecule has 1 unspecified atom stereocenters. The predicted octanol–water partition coefficient (Wildman–Crippen LogP) is 20.4. The molecule has 0 aliphatic heterocycles. The van der Waals surface area contributed by atoms with Gasteiger partial charge in [-0.3, -0.25) is 9.59 Å². The Morgan fingerprint density at radius 1 is 0.319 bits per heavy atom. The van der Waals surface area contributed by atoms with Gasteiger partial charge in [0.2, 0.25) is 5.91 Å². The van der Waals surface area contributed by atoms with Crippen LogP contribution in [0.3, 0.4) is 0 Å². The van der Waals surface area contributed by atoms with Crippen LogP contribution in [0, 0.1) is 11.8 Å². The number of ether oxygens (including phenoxy) is 2. The molecule has 0 bridgehead atoms. The summed E-state index contributed by atoms with van der Waals surface area (Å²) in [6.45, 7) is 12.4. The quantitative estimate of drug-likeness (QED) is 0.0485. The van der Waals surface area contributed by atoms with Crippen LogP contribution < -0.4 is 5.32 Å². The number of nitrogens with one attached hydrogen (secondary N) is 1. The summed E-state index contributed by atoms with van der Waals surface area (Å²) in [6.07, 6.45) is 61.9. The molecule has 0 aliphatic rings. The normalized spacial score (nSPS) is 12.0. The average Bonchev–Trinajstić information content (AvgIpc) is 3.32. The standard InChI is InChI=1S/C63H123NO5/c1-6-7-8-9-10-11-12-13-14-15-16-17-18-23-28-33-38-43-48-53-61(65)64-60(63(67)69-57-50-45-40-35-30-25-20-22-27-32-37-42-47-52-59(4)5)54-55-62(66)68-56-49-44-39-34-29-24-19-21-26-31-36-41-46-51-58(2)3/h58-60H,6-57H2,1-5H3,(H,64,65). The lowest BCUT2D eigenvalue weighted by molar-refractivity contribution is -0.149. The van der Waals surface area contributed by atoms with Gasteiger partial charge in [-0.15, -0.1) is 0 Å². The summed E-state index contributed by atoms with van der Waals surface area (Å²) in [5, 5.41) is 2.94. The second kappa shape index (κ2) is 55.7. The Morgan fingerprint density at radius 2 is 0.594 bits per heavy atom. The van der Waals surface area contributed by atoms with Gasteiger partial charge in [0, 0.05) is 12.8 Å². The molecule has 0 aromatic heterocycles. The number of hydrogen-bond acceptors (Lipinski definition) is 5. The van der Waals surface area contributed by atoms with Crippen LogP contribution in [0.5, 0.6) is 0 Å². The first-order valence-electron chi connectivity index (χ1n) is 31.4. The van der Waals surface area contributed by atoms with E-state index in [-0.39, 0.29) is 24.7 Å². The summed E-state index contributed by atoms with van der Waals surface area (Å²) < 4.78 is 11.3. The molecule has 410 valence electrons. The molecule has 1 amide bonds. The zero-order valence-electron chi connectivity index (χ0n) is 47.5. The molecule has 0 fully saturated rings. The highest BCUT2D eigenvalue weighted by Crippen LogP contribution is 2.18. The van der Waals surface area contributed by atoms with Crippen LogP contribution in [0.1, 0.15) is 356 Å². The SMILES string of the molecule is CCCCCCCCCCCCCCCCCCCCCC(=O)NC(CCC(=O)OCCCCCCCCCCCCCCCC(C)C)C(=O)OCCCCCCCCCCCCCCCC(C)C. The van der Waals surface area contributed by atoms with Gasteiger partial charge in [-0.2, -0.15) is 0 Å². The van der Waals surface area contributed by atoms with Crippen molar-refractivity contribution in [1.29, 1.82) is 0 Å². The number of hydrogen-bond donors (Lipinski definition) is 1. The fourth-order valence-corrected chi connectivity index (χ4v) is 9.87. The van der Waals surface area contributed by atoms with E-state index in [1.54, 1.807) is 0 Å². The van der Waals surface area contributed by atoms with E-state index in [2.05, 4.69) is 39.9 Å². The van der Waals surface area contributed by atoms with Gasteiger partial charge in [0.25, 0.3) is 0 Å². The van der Waals surface area contributed by atoms with Crippen molar-refractivity contribution in [2.24, 2.45) is 11.8 Å². The number of carbonyl (C=O) groups excluding carboxylic acids is 3. The molecule has 1 atom stereocenters. The molecule has 0 aromatic carbocycles. The molecular weight excluding hydrogens is 851 g/mol. The maximum absolute atomic E-state index is 13.2. The Kier molecular flexibility index (Phi) is 54.4. The minimum Gasteiger partial charge on any atom is -0.466 e. The molecule has 0 heterocycles. The van der Waals surface area contributed by atoms with Crippen LogP contribution >= 0.6 is 0 Å². The molecule has 0 saturated carbocycles. The third-order valence-corrected chi connectivity index (χ3v) is 14.6. The highest BCUT2D eigenvalue weighted by atomic mass is 16.5. The van der Waals surface area contributed by atoms with Crippen molar-refractivity contribution >= 4 is 17.8 Å². The van der Waals surface area contributed by atoms with Crippen LogP contribution in [0.15, 0.2) is 0 Å². The molecule has 0 rings (SSSR count). The molecule has 6 heteroatoms. The Morgan fingerprint density at radius 3 is 0.913 bits per heavy atom. The van der Waals surface area contributed by atoms with Crippen molar-refractivity contribution in [3.63, 3.8) is 0 Å². The first-order valence-corrected chi connectivity index (χ1v) is 31.4. The summed E-state index contributed by atoms with van der Waals surface area (Å²) in [5.74, 6) is 0.853. The van der Waals surface area contributed by atoms with Gasteiger partial charge in [-0.25, -0.2) is 4.79 Å². The summed E-state index contributed by atoms with van der Waals surface area (Å²) in [5.41, 5.74) is 0. The van der Waals surface area contributed by atoms with Crippen molar-refractivity contribution in [3.05, 3.63) is 0 Å². The van der Waals surface area contributed by atoms with Crippen LogP contribution in [0.4, 0.5) is 0 Å². The van der Waals surface area contributed by atoms with E-state index in [9.17, 15) is 14.4 Å². The molecule has 0 spiro atoms. The van der Waals surface area contributed by atoms with Crippen molar-refractivity contribution in [2.45, 2.75) is 362 Å². The molecule has 6 nitrogen and oxygen atoms in total. The van der Waals surface area contributed by atoms with Crippen molar-refractivity contribution in [2.75, 3.05) is 13.2 Å².